The highest BCUT2D eigenvalue weighted by Gasteiger charge is 2.19. The summed E-state index contributed by atoms with van der Waals surface area (Å²) in [6.07, 6.45) is 2.47. The van der Waals surface area contributed by atoms with Crippen molar-refractivity contribution in [2.24, 2.45) is 0 Å². The van der Waals surface area contributed by atoms with Gasteiger partial charge in [0, 0.05) is 12.8 Å². The van der Waals surface area contributed by atoms with Crippen molar-refractivity contribution >= 4 is 6.29 Å². The standard InChI is InChI=1S/C15H20O4/c1-11(5-7-16)12-3-4-14(15(9-12)17-2)19-13-6-8-18-10-13/h3-4,7,9,11,13H,5-6,8,10H2,1-2H3. The van der Waals surface area contributed by atoms with E-state index in [1.165, 1.54) is 0 Å². The molecule has 0 aromatic heterocycles. The quantitative estimate of drug-likeness (QED) is 0.741. The first-order chi connectivity index (χ1) is 9.24. The summed E-state index contributed by atoms with van der Waals surface area (Å²) in [4.78, 5) is 10.6. The number of benzene rings is 1. The molecule has 1 aliphatic heterocycles. The molecule has 0 spiro atoms. The van der Waals surface area contributed by atoms with Gasteiger partial charge in [0.25, 0.3) is 0 Å². The molecule has 1 aromatic rings. The Morgan fingerprint density at radius 2 is 2.32 bits per heavy atom. The molecular weight excluding hydrogens is 244 g/mol. The van der Waals surface area contributed by atoms with Crippen molar-refractivity contribution in [2.45, 2.75) is 31.8 Å². The number of carbonyl (C=O) groups excluding carboxylic acids is 1. The Labute approximate surface area is 113 Å². The van der Waals surface area contributed by atoms with E-state index in [4.69, 9.17) is 14.2 Å². The van der Waals surface area contributed by atoms with Gasteiger partial charge in [0.1, 0.15) is 12.4 Å². The molecule has 1 heterocycles. The van der Waals surface area contributed by atoms with Crippen LogP contribution in [0.3, 0.4) is 0 Å². The lowest BCUT2D eigenvalue weighted by atomic mass is 9.98. The molecule has 2 rings (SSSR count). The monoisotopic (exact) mass is 264 g/mol. The maximum atomic E-state index is 10.6. The van der Waals surface area contributed by atoms with Gasteiger partial charge in [-0.05, 0) is 23.6 Å². The van der Waals surface area contributed by atoms with Crippen LogP contribution >= 0.6 is 0 Å². The fraction of sp³-hybridized carbons (Fsp3) is 0.533. The molecule has 0 bridgehead atoms. The third-order valence-corrected chi connectivity index (χ3v) is 3.39. The van der Waals surface area contributed by atoms with Crippen LogP contribution in [-0.2, 0) is 9.53 Å². The molecule has 0 aliphatic carbocycles. The van der Waals surface area contributed by atoms with Gasteiger partial charge >= 0.3 is 0 Å². The van der Waals surface area contributed by atoms with Gasteiger partial charge in [-0.3, -0.25) is 0 Å². The maximum absolute atomic E-state index is 10.6. The molecule has 1 saturated heterocycles. The van der Waals surface area contributed by atoms with Gasteiger partial charge in [-0.15, -0.1) is 0 Å². The number of carbonyl (C=O) groups is 1. The first kappa shape index (κ1) is 13.9. The lowest BCUT2D eigenvalue weighted by Gasteiger charge is -2.17. The summed E-state index contributed by atoms with van der Waals surface area (Å²) < 4.78 is 16.5. The summed E-state index contributed by atoms with van der Waals surface area (Å²) in [6.45, 7) is 3.41. The van der Waals surface area contributed by atoms with Crippen LogP contribution in [0.15, 0.2) is 18.2 Å². The van der Waals surface area contributed by atoms with E-state index < -0.39 is 0 Å². The maximum Gasteiger partial charge on any atom is 0.161 e. The molecule has 19 heavy (non-hydrogen) atoms. The Hall–Kier alpha value is -1.55. The molecule has 1 aliphatic rings. The van der Waals surface area contributed by atoms with Crippen molar-refractivity contribution in [3.8, 4) is 11.5 Å². The smallest absolute Gasteiger partial charge is 0.161 e. The van der Waals surface area contributed by atoms with Gasteiger partial charge in [-0.25, -0.2) is 0 Å². The predicted octanol–water partition coefficient (Wildman–Crippen LogP) is 2.56. The lowest BCUT2D eigenvalue weighted by Crippen LogP contribution is -2.16. The molecule has 0 N–H and O–H groups in total. The molecule has 1 aromatic carbocycles. The second-order valence-electron chi connectivity index (χ2n) is 4.82. The van der Waals surface area contributed by atoms with Crippen molar-refractivity contribution in [3.05, 3.63) is 23.8 Å². The van der Waals surface area contributed by atoms with E-state index in [1.54, 1.807) is 7.11 Å². The Bertz CT molecular complexity index is 424. The zero-order chi connectivity index (χ0) is 13.7. The highest BCUT2D eigenvalue weighted by Crippen LogP contribution is 2.33. The SMILES string of the molecule is COc1cc(C(C)CC=O)ccc1OC1CCOC1. The van der Waals surface area contributed by atoms with Crippen molar-refractivity contribution in [3.63, 3.8) is 0 Å². The van der Waals surface area contributed by atoms with Crippen molar-refractivity contribution in [2.75, 3.05) is 20.3 Å². The van der Waals surface area contributed by atoms with Crippen LogP contribution in [0.4, 0.5) is 0 Å². The average Bonchev–Trinajstić information content (AvgIpc) is 2.92. The van der Waals surface area contributed by atoms with Crippen LogP contribution in [0.5, 0.6) is 11.5 Å². The molecule has 0 amide bonds. The van der Waals surface area contributed by atoms with E-state index in [2.05, 4.69) is 0 Å². The minimum Gasteiger partial charge on any atom is -0.493 e. The van der Waals surface area contributed by atoms with E-state index in [-0.39, 0.29) is 12.0 Å². The number of methoxy groups -OCH3 is 1. The van der Waals surface area contributed by atoms with Gasteiger partial charge in [0.05, 0.1) is 20.3 Å². The number of aldehydes is 1. The van der Waals surface area contributed by atoms with Gasteiger partial charge < -0.3 is 19.0 Å². The van der Waals surface area contributed by atoms with E-state index >= 15 is 0 Å². The molecule has 104 valence electrons. The zero-order valence-corrected chi connectivity index (χ0v) is 11.4. The minimum absolute atomic E-state index is 0.104. The highest BCUT2D eigenvalue weighted by molar-refractivity contribution is 5.52. The molecule has 2 atom stereocenters. The molecule has 2 unspecified atom stereocenters. The van der Waals surface area contributed by atoms with Gasteiger partial charge in [0.15, 0.2) is 11.5 Å². The summed E-state index contributed by atoms with van der Waals surface area (Å²) >= 11 is 0. The minimum atomic E-state index is 0.104. The topological polar surface area (TPSA) is 44.8 Å². The van der Waals surface area contributed by atoms with Crippen LogP contribution in [0.25, 0.3) is 0 Å². The molecule has 1 fully saturated rings. The van der Waals surface area contributed by atoms with Crippen LogP contribution in [-0.4, -0.2) is 32.7 Å². The van der Waals surface area contributed by atoms with Crippen LogP contribution in [0.2, 0.25) is 0 Å². The average molecular weight is 264 g/mol. The van der Waals surface area contributed by atoms with Crippen molar-refractivity contribution < 1.29 is 19.0 Å². The van der Waals surface area contributed by atoms with Crippen LogP contribution in [0, 0.1) is 0 Å². The summed E-state index contributed by atoms with van der Waals surface area (Å²) in [5.41, 5.74) is 1.08. The number of rotatable bonds is 6. The normalized spacial score (nSPS) is 20.0. The van der Waals surface area contributed by atoms with E-state index in [9.17, 15) is 4.79 Å². The van der Waals surface area contributed by atoms with Crippen molar-refractivity contribution in [1.29, 1.82) is 0 Å². The largest absolute Gasteiger partial charge is 0.493 e. The van der Waals surface area contributed by atoms with E-state index in [0.717, 1.165) is 30.6 Å². The Kier molecular flexibility index (Phi) is 4.80. The summed E-state index contributed by atoms with van der Waals surface area (Å²) in [5, 5.41) is 0. The Morgan fingerprint density at radius 1 is 1.47 bits per heavy atom. The number of ether oxygens (including phenoxy) is 3. The van der Waals surface area contributed by atoms with Crippen molar-refractivity contribution in [1.82, 2.24) is 0 Å². The Morgan fingerprint density at radius 3 is 2.95 bits per heavy atom. The van der Waals surface area contributed by atoms with Gasteiger partial charge in [-0.2, -0.15) is 0 Å². The number of hydrogen-bond acceptors (Lipinski definition) is 4. The second-order valence-corrected chi connectivity index (χ2v) is 4.82. The fourth-order valence-corrected chi connectivity index (χ4v) is 2.15. The predicted molar refractivity (Wildman–Crippen MR) is 71.9 cm³/mol. The van der Waals surface area contributed by atoms with E-state index in [1.807, 2.05) is 25.1 Å². The highest BCUT2D eigenvalue weighted by atomic mass is 16.6. The zero-order valence-electron chi connectivity index (χ0n) is 11.4. The Balaban J connectivity index is 2.13. The summed E-state index contributed by atoms with van der Waals surface area (Å²) in [6, 6.07) is 5.84. The molecule has 4 nitrogen and oxygen atoms in total. The van der Waals surface area contributed by atoms with Crippen LogP contribution < -0.4 is 9.47 Å². The third-order valence-electron chi connectivity index (χ3n) is 3.39. The van der Waals surface area contributed by atoms with Gasteiger partial charge in [-0.1, -0.05) is 13.0 Å². The van der Waals surface area contributed by atoms with Gasteiger partial charge in [0.2, 0.25) is 0 Å². The second kappa shape index (κ2) is 6.57. The summed E-state index contributed by atoms with van der Waals surface area (Å²) in [7, 11) is 1.63. The third kappa shape index (κ3) is 3.47. The molecule has 0 radical (unpaired) electrons. The van der Waals surface area contributed by atoms with E-state index in [0.29, 0.717) is 18.8 Å². The molecule has 4 heteroatoms. The van der Waals surface area contributed by atoms with Crippen LogP contribution in [0.1, 0.15) is 31.2 Å². The lowest BCUT2D eigenvalue weighted by molar-refractivity contribution is -0.108. The first-order valence-corrected chi connectivity index (χ1v) is 6.60. The fourth-order valence-electron chi connectivity index (χ4n) is 2.15. The summed E-state index contributed by atoms with van der Waals surface area (Å²) in [5.74, 6) is 1.64. The molecule has 0 saturated carbocycles. The first-order valence-electron chi connectivity index (χ1n) is 6.60. The number of hydrogen-bond donors (Lipinski definition) is 0. The molecular formula is C15H20O4.